The van der Waals surface area contributed by atoms with Gasteiger partial charge < -0.3 is 15.4 Å². The van der Waals surface area contributed by atoms with Gasteiger partial charge in [-0.05, 0) is 49.8 Å². The van der Waals surface area contributed by atoms with Crippen molar-refractivity contribution in [1.82, 2.24) is 9.55 Å². The Bertz CT molecular complexity index is 632. The quantitative estimate of drug-likeness (QED) is 0.849. The summed E-state index contributed by atoms with van der Waals surface area (Å²) in [6.07, 6.45) is 4.65. The van der Waals surface area contributed by atoms with E-state index in [-0.39, 0.29) is 0 Å². The summed E-state index contributed by atoms with van der Waals surface area (Å²) in [7, 11) is 0. The second-order valence-corrected chi connectivity index (χ2v) is 6.64. The smallest absolute Gasteiger partial charge is 0.138 e. The van der Waals surface area contributed by atoms with Crippen LogP contribution in [0.25, 0.3) is 11.0 Å². The second-order valence-electron chi connectivity index (χ2n) is 6.64. The molecule has 1 aromatic heterocycles. The standard InChI is InChI=1S/C17H25N3O/c1-11-4-3-5-13(8-11)10-20-16-7-6-14(18)9-15(16)19-17(20)12(2)21/h6-7,9,11-13,21H,3-5,8,10,18H2,1-2H3. The van der Waals surface area contributed by atoms with E-state index in [0.717, 1.165) is 35.0 Å². The van der Waals surface area contributed by atoms with E-state index < -0.39 is 6.10 Å². The summed E-state index contributed by atoms with van der Waals surface area (Å²) < 4.78 is 2.20. The maximum atomic E-state index is 10.0. The van der Waals surface area contributed by atoms with Crippen molar-refractivity contribution in [3.8, 4) is 0 Å². The van der Waals surface area contributed by atoms with E-state index in [9.17, 15) is 5.11 Å². The number of nitrogens with zero attached hydrogens (tertiary/aromatic N) is 2. The zero-order valence-corrected chi connectivity index (χ0v) is 12.9. The predicted octanol–water partition coefficient (Wildman–Crippen LogP) is 3.50. The van der Waals surface area contributed by atoms with Crippen molar-refractivity contribution in [3.05, 3.63) is 24.0 Å². The molecule has 0 bridgehead atoms. The number of fused-ring (bicyclic) bond motifs is 1. The maximum Gasteiger partial charge on any atom is 0.138 e. The molecule has 1 fully saturated rings. The highest BCUT2D eigenvalue weighted by Crippen LogP contribution is 2.32. The van der Waals surface area contributed by atoms with Crippen LogP contribution in [0.2, 0.25) is 0 Å². The number of imidazole rings is 1. The summed E-state index contributed by atoms with van der Waals surface area (Å²) >= 11 is 0. The van der Waals surface area contributed by atoms with Crippen LogP contribution in [0.4, 0.5) is 5.69 Å². The van der Waals surface area contributed by atoms with Gasteiger partial charge in [-0.2, -0.15) is 0 Å². The van der Waals surface area contributed by atoms with Crippen LogP contribution in [-0.4, -0.2) is 14.7 Å². The van der Waals surface area contributed by atoms with Crippen LogP contribution in [0.3, 0.4) is 0 Å². The van der Waals surface area contributed by atoms with Crippen LogP contribution in [0.5, 0.6) is 0 Å². The van der Waals surface area contributed by atoms with Gasteiger partial charge in [0.25, 0.3) is 0 Å². The average molecular weight is 287 g/mol. The molecular formula is C17H25N3O. The fourth-order valence-corrected chi connectivity index (χ4v) is 3.66. The number of rotatable bonds is 3. The van der Waals surface area contributed by atoms with Gasteiger partial charge in [-0.25, -0.2) is 4.98 Å². The van der Waals surface area contributed by atoms with Crippen molar-refractivity contribution in [3.63, 3.8) is 0 Å². The average Bonchev–Trinajstić information content (AvgIpc) is 2.77. The molecule has 2 aromatic rings. The number of anilines is 1. The molecule has 4 nitrogen and oxygen atoms in total. The third-order valence-corrected chi connectivity index (χ3v) is 4.66. The monoisotopic (exact) mass is 287 g/mol. The number of aliphatic hydroxyl groups is 1. The van der Waals surface area contributed by atoms with E-state index >= 15 is 0 Å². The zero-order chi connectivity index (χ0) is 15.0. The number of nitrogen functional groups attached to an aromatic ring is 1. The van der Waals surface area contributed by atoms with Gasteiger partial charge in [-0.1, -0.05) is 19.8 Å². The van der Waals surface area contributed by atoms with Crippen LogP contribution in [0.1, 0.15) is 51.5 Å². The van der Waals surface area contributed by atoms with Crippen LogP contribution >= 0.6 is 0 Å². The number of aliphatic hydroxyl groups excluding tert-OH is 1. The summed E-state index contributed by atoms with van der Waals surface area (Å²) in [6, 6.07) is 5.83. The molecule has 3 unspecified atom stereocenters. The molecule has 0 aliphatic heterocycles. The minimum Gasteiger partial charge on any atom is -0.399 e. The minimum absolute atomic E-state index is 0.556. The van der Waals surface area contributed by atoms with Crippen molar-refractivity contribution < 1.29 is 5.11 Å². The Balaban J connectivity index is 1.97. The van der Waals surface area contributed by atoms with E-state index in [2.05, 4.69) is 16.5 Å². The Labute approximate surface area is 126 Å². The highest BCUT2D eigenvalue weighted by Gasteiger charge is 2.22. The third-order valence-electron chi connectivity index (χ3n) is 4.66. The molecule has 21 heavy (non-hydrogen) atoms. The van der Waals surface area contributed by atoms with E-state index in [1.165, 1.54) is 25.7 Å². The molecule has 3 N–H and O–H groups in total. The van der Waals surface area contributed by atoms with Crippen LogP contribution in [0.15, 0.2) is 18.2 Å². The Morgan fingerprint density at radius 2 is 2.24 bits per heavy atom. The molecule has 3 rings (SSSR count). The fourth-order valence-electron chi connectivity index (χ4n) is 3.66. The molecule has 1 heterocycles. The van der Waals surface area contributed by atoms with E-state index in [0.29, 0.717) is 5.92 Å². The molecule has 3 atom stereocenters. The van der Waals surface area contributed by atoms with Gasteiger partial charge in [0, 0.05) is 12.2 Å². The zero-order valence-electron chi connectivity index (χ0n) is 12.9. The van der Waals surface area contributed by atoms with E-state index in [1.807, 2.05) is 18.2 Å². The van der Waals surface area contributed by atoms with Crippen LogP contribution in [0, 0.1) is 11.8 Å². The van der Waals surface area contributed by atoms with Crippen molar-refractivity contribution in [2.24, 2.45) is 11.8 Å². The molecule has 114 valence electrons. The number of benzene rings is 1. The first-order chi connectivity index (χ1) is 10.0. The largest absolute Gasteiger partial charge is 0.399 e. The lowest BCUT2D eigenvalue weighted by molar-refractivity contribution is 0.178. The topological polar surface area (TPSA) is 64.1 Å². The maximum absolute atomic E-state index is 10.0. The highest BCUT2D eigenvalue weighted by molar-refractivity contribution is 5.79. The van der Waals surface area contributed by atoms with Crippen molar-refractivity contribution in [2.75, 3.05) is 5.73 Å². The fraction of sp³-hybridized carbons (Fsp3) is 0.588. The van der Waals surface area contributed by atoms with Gasteiger partial charge in [0.1, 0.15) is 11.9 Å². The lowest BCUT2D eigenvalue weighted by Gasteiger charge is -2.28. The Kier molecular flexibility index (Phi) is 3.89. The van der Waals surface area contributed by atoms with Crippen molar-refractivity contribution in [2.45, 2.75) is 52.2 Å². The molecule has 1 aliphatic carbocycles. The lowest BCUT2D eigenvalue weighted by atomic mass is 9.82. The normalized spacial score (nSPS) is 24.3. The summed E-state index contributed by atoms with van der Waals surface area (Å²) in [5.41, 5.74) is 8.53. The van der Waals surface area contributed by atoms with E-state index in [4.69, 9.17) is 5.73 Å². The first kappa shape index (κ1) is 14.4. The Morgan fingerprint density at radius 1 is 1.43 bits per heavy atom. The third kappa shape index (κ3) is 2.91. The lowest BCUT2D eigenvalue weighted by Crippen LogP contribution is -2.20. The first-order valence-corrected chi connectivity index (χ1v) is 7.98. The molecule has 1 aliphatic rings. The summed E-state index contributed by atoms with van der Waals surface area (Å²) in [4.78, 5) is 4.59. The Hall–Kier alpha value is -1.55. The van der Waals surface area contributed by atoms with Crippen molar-refractivity contribution >= 4 is 16.7 Å². The number of aromatic nitrogens is 2. The van der Waals surface area contributed by atoms with E-state index in [1.54, 1.807) is 6.92 Å². The molecule has 1 saturated carbocycles. The van der Waals surface area contributed by atoms with Gasteiger partial charge in [0.2, 0.25) is 0 Å². The summed E-state index contributed by atoms with van der Waals surface area (Å²) in [6.45, 7) is 5.07. The van der Waals surface area contributed by atoms with Gasteiger partial charge in [-0.3, -0.25) is 0 Å². The molecule has 0 amide bonds. The predicted molar refractivity (Wildman–Crippen MR) is 85.9 cm³/mol. The van der Waals surface area contributed by atoms with Gasteiger partial charge in [0.05, 0.1) is 11.0 Å². The van der Waals surface area contributed by atoms with Gasteiger partial charge >= 0.3 is 0 Å². The molecule has 1 aromatic carbocycles. The summed E-state index contributed by atoms with van der Waals surface area (Å²) in [5.74, 6) is 2.25. The highest BCUT2D eigenvalue weighted by atomic mass is 16.3. The number of nitrogens with two attached hydrogens (primary N) is 1. The number of hydrogen-bond donors (Lipinski definition) is 2. The Morgan fingerprint density at radius 3 is 2.95 bits per heavy atom. The molecule has 0 radical (unpaired) electrons. The SMILES string of the molecule is CC1CCCC(Cn2c(C(C)O)nc3cc(N)ccc32)C1. The molecule has 4 heteroatoms. The first-order valence-electron chi connectivity index (χ1n) is 7.98. The van der Waals surface area contributed by atoms with Crippen LogP contribution in [-0.2, 0) is 6.54 Å². The molecule has 0 saturated heterocycles. The molecule has 0 spiro atoms. The number of hydrogen-bond acceptors (Lipinski definition) is 3. The van der Waals surface area contributed by atoms with Gasteiger partial charge in [0.15, 0.2) is 0 Å². The van der Waals surface area contributed by atoms with Crippen LogP contribution < -0.4 is 5.73 Å². The minimum atomic E-state index is -0.556. The van der Waals surface area contributed by atoms with Gasteiger partial charge in [-0.15, -0.1) is 0 Å². The second kappa shape index (κ2) is 5.68. The molecular weight excluding hydrogens is 262 g/mol. The van der Waals surface area contributed by atoms with Crippen molar-refractivity contribution in [1.29, 1.82) is 0 Å². The summed E-state index contributed by atoms with van der Waals surface area (Å²) in [5, 5.41) is 10.0.